The molecule has 1 aliphatic rings. The fraction of sp³-hybridized carbons (Fsp3) is 0.326. The van der Waals surface area contributed by atoms with Gasteiger partial charge in [0.25, 0.3) is 0 Å². The summed E-state index contributed by atoms with van der Waals surface area (Å²) in [6.45, 7) is 11.0. The molecule has 4 aromatic carbocycles. The van der Waals surface area contributed by atoms with Crippen LogP contribution in [0.4, 0.5) is 0 Å². The van der Waals surface area contributed by atoms with Gasteiger partial charge in [-0.1, -0.05) is 118 Å². The molecule has 1 saturated heterocycles. The van der Waals surface area contributed by atoms with Gasteiger partial charge >= 0.3 is 11.9 Å². The largest absolute Gasteiger partial charge is 0.497 e. The summed E-state index contributed by atoms with van der Waals surface area (Å²) in [6.07, 6.45) is 2.80. The van der Waals surface area contributed by atoms with Gasteiger partial charge in [0, 0.05) is 13.8 Å². The lowest BCUT2D eigenvalue weighted by molar-refractivity contribution is -0.162. The average Bonchev–Trinajstić information content (AvgIpc) is 3.38. The lowest BCUT2D eigenvalue weighted by atomic mass is 9.85. The molecule has 0 aliphatic carbocycles. The van der Waals surface area contributed by atoms with Crippen LogP contribution in [0.5, 0.6) is 5.75 Å². The van der Waals surface area contributed by atoms with Crippen molar-refractivity contribution in [3.8, 4) is 28.0 Å². The number of allylic oxidation sites excluding steroid dienone is 1. The van der Waals surface area contributed by atoms with Crippen molar-refractivity contribution in [2.75, 3.05) is 7.11 Å². The number of rotatable bonds is 12. The lowest BCUT2D eigenvalue weighted by Crippen LogP contribution is -2.53. The highest BCUT2D eigenvalue weighted by atomic mass is 16.8. The van der Waals surface area contributed by atoms with E-state index in [1.54, 1.807) is 21.0 Å². The number of esters is 2. The molecular weight excluding hydrogens is 642 g/mol. The molecular formula is C43H47NO7. The van der Waals surface area contributed by atoms with Gasteiger partial charge in [0.05, 0.1) is 13.0 Å². The maximum Gasteiger partial charge on any atom is 0.338 e. The Hall–Kier alpha value is -5.21. The van der Waals surface area contributed by atoms with Crippen LogP contribution in [-0.2, 0) is 35.2 Å². The fourth-order valence-electron chi connectivity index (χ4n) is 6.18. The normalized spacial score (nSPS) is 16.7. The van der Waals surface area contributed by atoms with Crippen molar-refractivity contribution in [1.82, 2.24) is 5.32 Å². The Labute approximate surface area is 300 Å². The summed E-state index contributed by atoms with van der Waals surface area (Å²) >= 11 is 0. The van der Waals surface area contributed by atoms with Gasteiger partial charge in [-0.25, -0.2) is 9.59 Å². The minimum absolute atomic E-state index is 0.0726. The molecule has 1 amide bonds. The van der Waals surface area contributed by atoms with E-state index in [0.29, 0.717) is 0 Å². The highest BCUT2D eigenvalue weighted by molar-refractivity contribution is 5.91. The van der Waals surface area contributed by atoms with Crippen LogP contribution in [0.3, 0.4) is 0 Å². The van der Waals surface area contributed by atoms with Crippen LogP contribution in [0.25, 0.3) is 28.3 Å². The third-order valence-electron chi connectivity index (χ3n) is 8.87. The van der Waals surface area contributed by atoms with Crippen molar-refractivity contribution >= 4 is 23.9 Å². The van der Waals surface area contributed by atoms with Gasteiger partial charge in [-0.15, -0.1) is 0 Å². The molecule has 3 atom stereocenters. The number of cyclic esters (lactones) is 1. The smallest absolute Gasteiger partial charge is 0.338 e. The van der Waals surface area contributed by atoms with Gasteiger partial charge in [-0.3, -0.25) is 4.79 Å². The molecule has 0 saturated carbocycles. The van der Waals surface area contributed by atoms with Crippen molar-refractivity contribution in [3.63, 3.8) is 0 Å². The summed E-state index contributed by atoms with van der Waals surface area (Å²) in [7, 11) is 1.66. The molecule has 1 fully saturated rings. The predicted molar refractivity (Wildman–Crippen MR) is 198 cm³/mol. The number of hydrogen-bond donors (Lipinski definition) is 1. The zero-order valence-corrected chi connectivity index (χ0v) is 30.4. The highest BCUT2D eigenvalue weighted by Gasteiger charge is 2.48. The first-order valence-electron chi connectivity index (χ1n) is 17.2. The number of methoxy groups -OCH3 is 1. The summed E-state index contributed by atoms with van der Waals surface area (Å²) < 4.78 is 22.5. The van der Waals surface area contributed by atoms with Crippen molar-refractivity contribution in [2.45, 2.75) is 72.5 Å². The Bertz CT molecular complexity index is 1890. The topological polar surface area (TPSA) is 100 Å². The van der Waals surface area contributed by atoms with Crippen molar-refractivity contribution in [2.24, 2.45) is 11.3 Å². The van der Waals surface area contributed by atoms with Crippen molar-refractivity contribution < 1.29 is 33.3 Å². The summed E-state index contributed by atoms with van der Waals surface area (Å²) in [6, 6.07) is 30.7. The first kappa shape index (κ1) is 37.1. The number of amides is 1. The zero-order valence-electron chi connectivity index (χ0n) is 30.4. The minimum Gasteiger partial charge on any atom is -0.497 e. The molecule has 0 bridgehead atoms. The van der Waals surface area contributed by atoms with Gasteiger partial charge in [0.1, 0.15) is 18.4 Å². The van der Waals surface area contributed by atoms with Crippen molar-refractivity contribution in [3.05, 3.63) is 120 Å². The number of hydrogen-bond acceptors (Lipinski definition) is 7. The monoisotopic (exact) mass is 689 g/mol. The molecule has 5 rings (SSSR count). The molecule has 0 spiro atoms. The maximum absolute atomic E-state index is 14.0. The SMILES string of the molecule is COc1cccc(-c2ccc(-c3ccccc3/C=C/C[C@@H](C(=O)N[C@H](C(=O)OCc3ccccc3)C(C)(C)C)[C@@H]3OC(C)(C)OC3=O)cc2C)c1. The highest BCUT2D eigenvalue weighted by Crippen LogP contribution is 2.34. The number of benzene rings is 4. The fourth-order valence-corrected chi connectivity index (χ4v) is 6.18. The predicted octanol–water partition coefficient (Wildman–Crippen LogP) is 8.31. The first-order chi connectivity index (χ1) is 24.3. The number of nitrogens with one attached hydrogen (secondary N) is 1. The number of aryl methyl sites for hydroxylation is 1. The van der Waals surface area contributed by atoms with Gasteiger partial charge in [-0.05, 0) is 69.8 Å². The molecule has 0 radical (unpaired) electrons. The standard InChI is InChI=1S/C43H47NO7/c1-28-25-32(23-24-34(28)31-19-13-20-33(26-31)48-7)35-21-12-11-17-30(35)18-14-22-36(37-40(46)51-43(5,6)50-37)39(45)44-38(42(2,3)4)41(47)49-27-29-15-9-8-10-16-29/h8-21,23-26,36-38H,22,27H2,1-7H3,(H,44,45)/b18-14+/t36-,37+,38-/m1/s1. The molecule has 4 aromatic rings. The Morgan fingerprint density at radius 2 is 1.61 bits per heavy atom. The number of ether oxygens (including phenoxy) is 4. The van der Waals surface area contributed by atoms with E-state index < -0.39 is 47.1 Å². The van der Waals surface area contributed by atoms with E-state index in [-0.39, 0.29) is 13.0 Å². The lowest BCUT2D eigenvalue weighted by Gasteiger charge is -2.31. The second-order valence-corrected chi connectivity index (χ2v) is 14.4. The van der Waals surface area contributed by atoms with Gasteiger partial charge in [0.2, 0.25) is 11.7 Å². The molecule has 1 aliphatic heterocycles. The van der Waals surface area contributed by atoms with E-state index in [2.05, 4.69) is 42.6 Å². The number of carbonyl (C=O) groups is 3. The minimum atomic E-state index is -1.19. The van der Waals surface area contributed by atoms with E-state index in [1.165, 1.54) is 0 Å². The van der Waals surface area contributed by atoms with E-state index in [4.69, 9.17) is 18.9 Å². The van der Waals surface area contributed by atoms with Crippen LogP contribution >= 0.6 is 0 Å². The maximum atomic E-state index is 14.0. The molecule has 1 N–H and O–H groups in total. The van der Waals surface area contributed by atoms with Crippen LogP contribution in [0.1, 0.15) is 57.7 Å². The van der Waals surface area contributed by atoms with E-state index in [0.717, 1.165) is 44.7 Å². The summed E-state index contributed by atoms with van der Waals surface area (Å²) in [5, 5.41) is 2.89. The third-order valence-corrected chi connectivity index (χ3v) is 8.87. The second kappa shape index (κ2) is 15.8. The average molecular weight is 690 g/mol. The molecule has 266 valence electrons. The molecule has 51 heavy (non-hydrogen) atoms. The van der Waals surface area contributed by atoms with Gasteiger partial charge in [0.15, 0.2) is 6.10 Å². The van der Waals surface area contributed by atoms with Crippen LogP contribution in [-0.4, -0.2) is 42.9 Å². The van der Waals surface area contributed by atoms with Crippen LogP contribution in [0.2, 0.25) is 0 Å². The Morgan fingerprint density at radius 3 is 2.27 bits per heavy atom. The molecule has 1 heterocycles. The summed E-state index contributed by atoms with van der Waals surface area (Å²) in [5.41, 5.74) is 6.46. The van der Waals surface area contributed by atoms with Gasteiger partial charge in [-0.2, -0.15) is 0 Å². The molecule has 8 nitrogen and oxygen atoms in total. The second-order valence-electron chi connectivity index (χ2n) is 14.4. The Morgan fingerprint density at radius 1 is 0.902 bits per heavy atom. The Balaban J connectivity index is 1.38. The molecule has 0 aromatic heterocycles. The molecule has 8 heteroatoms. The van der Waals surface area contributed by atoms with Crippen LogP contribution in [0, 0.1) is 18.3 Å². The van der Waals surface area contributed by atoms with Crippen molar-refractivity contribution in [1.29, 1.82) is 0 Å². The number of carbonyl (C=O) groups excluding carboxylic acids is 3. The van der Waals surface area contributed by atoms with Gasteiger partial charge < -0.3 is 24.3 Å². The van der Waals surface area contributed by atoms with Crippen LogP contribution in [0.15, 0.2) is 103 Å². The third kappa shape index (κ3) is 9.32. The van der Waals surface area contributed by atoms with E-state index in [1.807, 2.05) is 99.7 Å². The summed E-state index contributed by atoms with van der Waals surface area (Å²) in [5.74, 6) is -3.06. The first-order valence-corrected chi connectivity index (χ1v) is 17.2. The zero-order chi connectivity index (χ0) is 36.8. The quantitative estimate of drug-likeness (QED) is 0.149. The summed E-state index contributed by atoms with van der Waals surface area (Å²) in [4.78, 5) is 40.4. The van der Waals surface area contributed by atoms with Crippen LogP contribution < -0.4 is 10.1 Å². The van der Waals surface area contributed by atoms with E-state index >= 15 is 0 Å². The molecule has 0 unspecified atom stereocenters. The Kier molecular flexibility index (Phi) is 11.5. The van der Waals surface area contributed by atoms with E-state index in [9.17, 15) is 14.4 Å².